The number of rotatable bonds is 7. The lowest BCUT2D eigenvalue weighted by atomic mass is 10.0. The van der Waals surface area contributed by atoms with Gasteiger partial charge in [-0.1, -0.05) is 25.7 Å². The molecule has 1 amide bonds. The highest BCUT2D eigenvalue weighted by atomic mass is 16.6. The van der Waals surface area contributed by atoms with Crippen molar-refractivity contribution in [2.75, 3.05) is 44.6 Å². The first kappa shape index (κ1) is 23.1. The van der Waals surface area contributed by atoms with Crippen molar-refractivity contribution in [1.82, 2.24) is 9.80 Å². The molecular weight excluding hydrogens is 406 g/mol. The van der Waals surface area contributed by atoms with Crippen molar-refractivity contribution in [2.45, 2.75) is 70.4 Å². The summed E-state index contributed by atoms with van der Waals surface area (Å²) in [5.74, 6) is 0.527. The Morgan fingerprint density at radius 1 is 1.09 bits per heavy atom. The van der Waals surface area contributed by atoms with Crippen LogP contribution in [-0.2, 0) is 20.7 Å². The molecule has 0 bridgehead atoms. The predicted molar refractivity (Wildman–Crippen MR) is 124 cm³/mol. The van der Waals surface area contributed by atoms with Crippen molar-refractivity contribution in [3.05, 3.63) is 23.8 Å². The highest BCUT2D eigenvalue weighted by Crippen LogP contribution is 2.27. The number of anilines is 1. The van der Waals surface area contributed by atoms with Gasteiger partial charge in [-0.2, -0.15) is 0 Å². The molecule has 1 aliphatic carbocycles. The van der Waals surface area contributed by atoms with Crippen LogP contribution in [0, 0.1) is 0 Å². The van der Waals surface area contributed by atoms with Crippen LogP contribution in [0.15, 0.2) is 18.2 Å². The minimum absolute atomic E-state index is 0.0558. The van der Waals surface area contributed by atoms with Gasteiger partial charge in [0.1, 0.15) is 18.5 Å². The molecule has 2 aliphatic heterocycles. The van der Waals surface area contributed by atoms with Crippen LogP contribution in [0.4, 0.5) is 5.69 Å². The van der Waals surface area contributed by atoms with Crippen LogP contribution in [-0.4, -0.2) is 73.2 Å². The normalized spacial score (nSPS) is 21.8. The quantitative estimate of drug-likeness (QED) is 0.515. The molecule has 176 valence electrons. The van der Waals surface area contributed by atoms with Crippen LogP contribution in [0.2, 0.25) is 0 Å². The van der Waals surface area contributed by atoms with Crippen LogP contribution >= 0.6 is 0 Å². The average Bonchev–Trinajstić information content (AvgIpc) is 3.07. The number of benzene rings is 1. The molecule has 4 rings (SSSR count). The summed E-state index contributed by atoms with van der Waals surface area (Å²) in [6, 6.07) is 6.47. The van der Waals surface area contributed by atoms with Gasteiger partial charge in [-0.15, -0.1) is 0 Å². The largest absolute Gasteiger partial charge is 0.490 e. The maximum absolute atomic E-state index is 11.7. The second-order valence-electron chi connectivity index (χ2n) is 9.39. The average molecular weight is 444 g/mol. The topological polar surface area (TPSA) is 71.1 Å². The van der Waals surface area contributed by atoms with E-state index in [1.165, 1.54) is 45.4 Å². The summed E-state index contributed by atoms with van der Waals surface area (Å²) in [5, 5.41) is 2.89. The molecule has 1 aromatic rings. The van der Waals surface area contributed by atoms with E-state index in [2.05, 4.69) is 15.1 Å². The highest BCUT2D eigenvalue weighted by molar-refractivity contribution is 5.94. The Kier molecular flexibility index (Phi) is 8.03. The van der Waals surface area contributed by atoms with Crippen molar-refractivity contribution in [3.63, 3.8) is 0 Å². The zero-order valence-electron chi connectivity index (χ0n) is 19.3. The zero-order chi connectivity index (χ0) is 22.3. The van der Waals surface area contributed by atoms with Crippen molar-refractivity contribution in [3.8, 4) is 5.75 Å². The van der Waals surface area contributed by atoms with Crippen LogP contribution in [0.1, 0.15) is 57.4 Å². The number of carbonyl (C=O) groups excluding carboxylic acids is 2. The van der Waals surface area contributed by atoms with Crippen LogP contribution in [0.5, 0.6) is 5.75 Å². The Bertz CT molecular complexity index is 783. The van der Waals surface area contributed by atoms with Gasteiger partial charge in [-0.3, -0.25) is 19.4 Å². The minimum Gasteiger partial charge on any atom is -0.490 e. The Morgan fingerprint density at radius 2 is 1.84 bits per heavy atom. The number of amides is 1. The molecule has 2 heterocycles. The first-order chi connectivity index (χ1) is 15.6. The lowest BCUT2D eigenvalue weighted by Gasteiger charge is -2.40. The Morgan fingerprint density at radius 3 is 2.56 bits per heavy atom. The van der Waals surface area contributed by atoms with E-state index >= 15 is 0 Å². The van der Waals surface area contributed by atoms with E-state index in [0.29, 0.717) is 19.6 Å². The van der Waals surface area contributed by atoms with E-state index in [1.54, 1.807) is 0 Å². The Balaban J connectivity index is 1.27. The molecule has 0 spiro atoms. The van der Waals surface area contributed by atoms with Gasteiger partial charge in [-0.25, -0.2) is 0 Å². The van der Waals surface area contributed by atoms with Crippen molar-refractivity contribution < 1.29 is 19.1 Å². The molecule has 1 saturated heterocycles. The number of piperazine rings is 1. The number of carbonyl (C=O) groups is 2. The number of nitrogens with one attached hydrogen (secondary N) is 1. The number of ether oxygens (including phenoxy) is 2. The molecule has 1 saturated carbocycles. The smallest absolute Gasteiger partial charge is 0.303 e. The summed E-state index contributed by atoms with van der Waals surface area (Å²) in [6.45, 7) is 6.68. The molecule has 1 unspecified atom stereocenters. The van der Waals surface area contributed by atoms with Gasteiger partial charge >= 0.3 is 5.97 Å². The van der Waals surface area contributed by atoms with E-state index < -0.39 is 0 Å². The SMILES string of the molecule is CC(=O)OC(COc1ccc2c(c1)CCC(=O)N2)CN1CCN(C2CCCCCC2)CC1. The molecule has 0 aromatic heterocycles. The van der Waals surface area contributed by atoms with Gasteiger partial charge < -0.3 is 14.8 Å². The number of hydrogen-bond donors (Lipinski definition) is 1. The molecule has 7 heteroatoms. The molecule has 0 radical (unpaired) electrons. The standard InChI is InChI=1S/C25H37N3O4/c1-19(29)32-23(18-31-22-9-10-24-20(16-22)8-11-25(30)26-24)17-27-12-14-28(15-13-27)21-6-4-2-3-5-7-21/h9-10,16,21,23H,2-8,11-15,17-18H2,1H3,(H,26,30). The van der Waals surface area contributed by atoms with Gasteiger partial charge in [0.05, 0.1) is 0 Å². The van der Waals surface area contributed by atoms with Gasteiger partial charge in [-0.05, 0) is 43.0 Å². The maximum Gasteiger partial charge on any atom is 0.303 e. The lowest BCUT2D eigenvalue weighted by molar-refractivity contribution is -0.149. The minimum atomic E-state index is -0.298. The van der Waals surface area contributed by atoms with Crippen LogP contribution < -0.4 is 10.1 Å². The molecule has 32 heavy (non-hydrogen) atoms. The Labute approximate surface area is 191 Å². The fourth-order valence-electron chi connectivity index (χ4n) is 5.22. The van der Waals surface area contributed by atoms with Crippen LogP contribution in [0.25, 0.3) is 0 Å². The number of nitrogens with zero attached hydrogens (tertiary/aromatic N) is 2. The second-order valence-corrected chi connectivity index (χ2v) is 9.39. The molecule has 1 aromatic carbocycles. The van der Waals surface area contributed by atoms with Crippen molar-refractivity contribution in [1.29, 1.82) is 0 Å². The van der Waals surface area contributed by atoms with E-state index in [9.17, 15) is 9.59 Å². The third-order valence-corrected chi connectivity index (χ3v) is 6.95. The summed E-state index contributed by atoms with van der Waals surface area (Å²) in [7, 11) is 0. The summed E-state index contributed by atoms with van der Waals surface area (Å²) in [6.07, 6.45) is 9.11. The second kappa shape index (κ2) is 11.1. The van der Waals surface area contributed by atoms with Gasteiger partial charge in [0.2, 0.25) is 5.91 Å². The van der Waals surface area contributed by atoms with E-state index in [1.807, 2.05) is 18.2 Å². The van der Waals surface area contributed by atoms with Gasteiger partial charge in [0, 0.05) is 57.8 Å². The molecular formula is C25H37N3O4. The van der Waals surface area contributed by atoms with Crippen molar-refractivity contribution >= 4 is 17.6 Å². The number of esters is 1. The summed E-state index contributed by atoms with van der Waals surface area (Å²) < 4.78 is 11.6. The van der Waals surface area contributed by atoms with Crippen molar-refractivity contribution in [2.24, 2.45) is 0 Å². The molecule has 1 atom stereocenters. The fourth-order valence-corrected chi connectivity index (χ4v) is 5.22. The number of hydrogen-bond acceptors (Lipinski definition) is 6. The zero-order valence-corrected chi connectivity index (χ0v) is 19.3. The van der Waals surface area contributed by atoms with Gasteiger partial charge in [0.15, 0.2) is 0 Å². The third-order valence-electron chi connectivity index (χ3n) is 6.95. The molecule has 2 fully saturated rings. The van der Waals surface area contributed by atoms with E-state index in [-0.39, 0.29) is 18.0 Å². The highest BCUT2D eigenvalue weighted by Gasteiger charge is 2.27. The van der Waals surface area contributed by atoms with E-state index in [4.69, 9.17) is 9.47 Å². The monoisotopic (exact) mass is 443 g/mol. The summed E-state index contributed by atoms with van der Waals surface area (Å²) in [4.78, 5) is 28.3. The first-order valence-electron chi connectivity index (χ1n) is 12.3. The summed E-state index contributed by atoms with van der Waals surface area (Å²) >= 11 is 0. The lowest BCUT2D eigenvalue weighted by Crippen LogP contribution is -2.52. The van der Waals surface area contributed by atoms with Gasteiger partial charge in [0.25, 0.3) is 0 Å². The maximum atomic E-state index is 11.7. The molecule has 3 aliphatic rings. The number of fused-ring (bicyclic) bond motifs is 1. The molecule has 7 nitrogen and oxygen atoms in total. The fraction of sp³-hybridized carbons (Fsp3) is 0.680. The Hall–Kier alpha value is -2.12. The molecule has 1 N–H and O–H groups in total. The summed E-state index contributed by atoms with van der Waals surface area (Å²) in [5.41, 5.74) is 1.94. The third kappa shape index (κ3) is 6.45. The predicted octanol–water partition coefficient (Wildman–Crippen LogP) is 3.22. The van der Waals surface area contributed by atoms with E-state index in [0.717, 1.165) is 55.6 Å². The first-order valence-corrected chi connectivity index (χ1v) is 12.3. The number of aryl methyl sites for hydroxylation is 1. The van der Waals surface area contributed by atoms with Crippen LogP contribution in [0.3, 0.4) is 0 Å².